The Hall–Kier alpha value is -3.81. The topological polar surface area (TPSA) is 137 Å². The van der Waals surface area contributed by atoms with Crippen LogP contribution in [0.3, 0.4) is 0 Å². The van der Waals surface area contributed by atoms with Crippen molar-refractivity contribution in [3.05, 3.63) is 42.0 Å². The van der Waals surface area contributed by atoms with Gasteiger partial charge in [0.05, 0.1) is 22.3 Å². The number of alkyl halides is 3. The van der Waals surface area contributed by atoms with E-state index < -0.39 is 27.9 Å². The number of nitrogens with zero attached hydrogens (tertiary/aromatic N) is 3. The van der Waals surface area contributed by atoms with Crippen molar-refractivity contribution in [3.63, 3.8) is 0 Å². The lowest BCUT2D eigenvalue weighted by molar-refractivity contribution is -0.274. The molecule has 10 nitrogen and oxygen atoms in total. The van der Waals surface area contributed by atoms with E-state index in [4.69, 9.17) is 4.42 Å². The minimum absolute atomic E-state index is 0.00575. The number of fused-ring (bicyclic) bond motifs is 2. The van der Waals surface area contributed by atoms with E-state index in [0.29, 0.717) is 5.52 Å². The van der Waals surface area contributed by atoms with E-state index in [1.165, 1.54) is 28.8 Å². The smallest absolute Gasteiger partial charge is 0.478 e. The van der Waals surface area contributed by atoms with E-state index >= 15 is 0 Å². The number of imidazole rings is 1. The molecule has 33 heavy (non-hydrogen) atoms. The van der Waals surface area contributed by atoms with Gasteiger partial charge in [0.1, 0.15) is 21.1 Å². The summed E-state index contributed by atoms with van der Waals surface area (Å²) in [7, 11) is -3.34. The molecule has 4 aromatic rings. The number of hydrogen-bond acceptors (Lipinski definition) is 8. The zero-order valence-corrected chi connectivity index (χ0v) is 17.6. The summed E-state index contributed by atoms with van der Waals surface area (Å²) in [5.41, 5.74) is 0.970. The molecule has 2 N–H and O–H groups in total. The summed E-state index contributed by atoms with van der Waals surface area (Å²) in [6, 6.07) is 7.43. The predicted octanol–water partition coefficient (Wildman–Crippen LogP) is 3.56. The van der Waals surface area contributed by atoms with Crippen molar-refractivity contribution in [2.75, 3.05) is 17.3 Å². The molecular weight excluding hydrogens is 469 g/mol. The van der Waals surface area contributed by atoms with Gasteiger partial charge in [0.15, 0.2) is 5.58 Å². The first-order chi connectivity index (χ1) is 15.4. The van der Waals surface area contributed by atoms with Crippen LogP contribution in [0.4, 0.5) is 25.1 Å². The highest BCUT2D eigenvalue weighted by Crippen LogP contribution is 2.30. The summed E-state index contributed by atoms with van der Waals surface area (Å²) in [6.07, 6.45) is -3.79. The molecule has 0 bridgehead atoms. The van der Waals surface area contributed by atoms with Crippen LogP contribution < -0.4 is 10.1 Å². The number of rotatable bonds is 7. The normalized spacial score (nSPS) is 12.4. The Morgan fingerprint density at radius 1 is 1.18 bits per heavy atom. The van der Waals surface area contributed by atoms with Gasteiger partial charge in [-0.05, 0) is 30.3 Å². The molecule has 4 rings (SSSR count). The molecule has 0 amide bonds. The number of anilines is 2. The SMILES string of the molecule is CS(=O)(=O)CCn1c(Nc2nc3ccc(OC(F)(F)F)cc3o2)nc2cc(C(=O)O)ccc21. The maximum absolute atomic E-state index is 12.4. The maximum Gasteiger partial charge on any atom is 0.573 e. The molecule has 14 heteroatoms. The van der Waals surface area contributed by atoms with Crippen molar-refractivity contribution in [2.45, 2.75) is 12.9 Å². The quantitative estimate of drug-likeness (QED) is 0.403. The second-order valence-electron chi connectivity index (χ2n) is 7.05. The minimum Gasteiger partial charge on any atom is -0.478 e. The average Bonchev–Trinajstić information content (AvgIpc) is 3.23. The number of carboxylic acids is 1. The minimum atomic E-state index is -4.87. The van der Waals surface area contributed by atoms with Gasteiger partial charge in [0.2, 0.25) is 5.95 Å². The second-order valence-corrected chi connectivity index (χ2v) is 9.31. The van der Waals surface area contributed by atoms with Crippen molar-refractivity contribution in [1.82, 2.24) is 14.5 Å². The van der Waals surface area contributed by atoms with Gasteiger partial charge >= 0.3 is 18.3 Å². The summed E-state index contributed by atoms with van der Waals surface area (Å²) in [5, 5.41) is 12.0. The van der Waals surface area contributed by atoms with Gasteiger partial charge in [-0.25, -0.2) is 18.2 Å². The van der Waals surface area contributed by atoms with Crippen LogP contribution in [0.5, 0.6) is 5.75 Å². The molecule has 0 saturated carbocycles. The standard InChI is InChI=1S/C19H15F3N4O6S/c1-33(29,30)7-6-26-14-5-2-10(16(27)28)8-13(14)23-17(26)25-18-24-12-4-3-11(9-15(12)31-18)32-19(20,21)22/h2-5,8-9H,6-7H2,1H3,(H,27,28)(H,23,24,25). The fourth-order valence-corrected chi connectivity index (χ4v) is 3.61. The summed E-state index contributed by atoms with van der Waals surface area (Å²) in [4.78, 5) is 19.7. The van der Waals surface area contributed by atoms with Crippen LogP contribution in [0.15, 0.2) is 40.8 Å². The Balaban J connectivity index is 1.71. The molecule has 174 valence electrons. The molecule has 0 unspecified atom stereocenters. The highest BCUT2D eigenvalue weighted by atomic mass is 32.2. The molecule has 0 aliphatic rings. The fourth-order valence-electron chi connectivity index (χ4n) is 3.09. The van der Waals surface area contributed by atoms with Gasteiger partial charge in [-0.3, -0.25) is 5.32 Å². The Morgan fingerprint density at radius 2 is 1.94 bits per heavy atom. The first-order valence-corrected chi connectivity index (χ1v) is 11.3. The molecular formula is C19H15F3N4O6S. The zero-order valence-electron chi connectivity index (χ0n) is 16.8. The number of halogens is 3. The maximum atomic E-state index is 12.4. The number of hydrogen-bond donors (Lipinski definition) is 2. The van der Waals surface area contributed by atoms with Crippen molar-refractivity contribution in [1.29, 1.82) is 0 Å². The number of aromatic carboxylic acids is 1. The highest BCUT2D eigenvalue weighted by molar-refractivity contribution is 7.90. The van der Waals surface area contributed by atoms with Crippen LogP contribution in [0.1, 0.15) is 10.4 Å². The molecule has 2 aromatic carbocycles. The second kappa shape index (κ2) is 7.95. The number of aromatic nitrogens is 3. The van der Waals surface area contributed by atoms with Gasteiger partial charge in [-0.15, -0.1) is 13.2 Å². The van der Waals surface area contributed by atoms with E-state index in [0.717, 1.165) is 18.4 Å². The Morgan fingerprint density at radius 3 is 2.61 bits per heavy atom. The molecule has 0 aliphatic carbocycles. The Bertz CT molecular complexity index is 1480. The van der Waals surface area contributed by atoms with E-state index in [9.17, 15) is 31.5 Å². The zero-order chi connectivity index (χ0) is 24.0. The third-order valence-corrected chi connectivity index (χ3v) is 5.42. The van der Waals surface area contributed by atoms with Crippen molar-refractivity contribution >= 4 is 49.9 Å². The Labute approximate surface area is 183 Å². The van der Waals surface area contributed by atoms with Crippen LogP contribution in [-0.4, -0.2) is 52.4 Å². The lowest BCUT2D eigenvalue weighted by Crippen LogP contribution is -2.16. The molecule has 0 saturated heterocycles. The molecule has 0 aliphatic heterocycles. The average molecular weight is 484 g/mol. The summed E-state index contributed by atoms with van der Waals surface area (Å²) in [5.74, 6) is -1.76. The van der Waals surface area contributed by atoms with E-state index in [2.05, 4.69) is 20.0 Å². The largest absolute Gasteiger partial charge is 0.573 e. The monoisotopic (exact) mass is 484 g/mol. The van der Waals surface area contributed by atoms with Gasteiger partial charge in [0.25, 0.3) is 0 Å². The summed E-state index contributed by atoms with van der Waals surface area (Å²) < 4.78 is 71.5. The molecule has 0 radical (unpaired) electrons. The van der Waals surface area contributed by atoms with Crippen molar-refractivity contribution in [3.8, 4) is 5.75 Å². The Kier molecular flexibility index (Phi) is 5.40. The lowest BCUT2D eigenvalue weighted by Gasteiger charge is -2.08. The third kappa shape index (κ3) is 5.16. The first kappa shape index (κ1) is 22.4. The third-order valence-electron chi connectivity index (χ3n) is 4.49. The van der Waals surface area contributed by atoms with Gasteiger partial charge in [-0.2, -0.15) is 4.98 Å². The van der Waals surface area contributed by atoms with Crippen LogP contribution in [0.2, 0.25) is 0 Å². The van der Waals surface area contributed by atoms with Gasteiger partial charge < -0.3 is 18.8 Å². The van der Waals surface area contributed by atoms with Crippen LogP contribution in [0.25, 0.3) is 22.1 Å². The number of sulfone groups is 1. The number of aryl methyl sites for hydroxylation is 1. The molecule has 0 atom stereocenters. The van der Waals surface area contributed by atoms with Crippen LogP contribution in [0, 0.1) is 0 Å². The molecule has 2 heterocycles. The number of ether oxygens (including phenoxy) is 1. The number of benzene rings is 2. The van der Waals surface area contributed by atoms with Crippen LogP contribution in [-0.2, 0) is 16.4 Å². The predicted molar refractivity (Wildman–Crippen MR) is 110 cm³/mol. The number of nitrogens with one attached hydrogen (secondary N) is 1. The number of oxazole rings is 1. The summed E-state index contributed by atoms with van der Waals surface area (Å²) in [6.45, 7) is -0.00607. The number of carboxylic acid groups (broad SMARTS) is 1. The molecule has 0 spiro atoms. The fraction of sp³-hybridized carbons (Fsp3) is 0.211. The van der Waals surface area contributed by atoms with Crippen molar-refractivity contribution < 1.29 is 40.6 Å². The van der Waals surface area contributed by atoms with E-state index in [1.807, 2.05) is 0 Å². The van der Waals surface area contributed by atoms with Gasteiger partial charge in [-0.1, -0.05) is 0 Å². The summed E-state index contributed by atoms with van der Waals surface area (Å²) >= 11 is 0. The van der Waals surface area contributed by atoms with Crippen molar-refractivity contribution in [2.24, 2.45) is 0 Å². The lowest BCUT2D eigenvalue weighted by atomic mass is 10.2. The molecule has 0 fully saturated rings. The van der Waals surface area contributed by atoms with E-state index in [-0.39, 0.29) is 46.4 Å². The van der Waals surface area contributed by atoms with Crippen LogP contribution >= 0.6 is 0 Å². The first-order valence-electron chi connectivity index (χ1n) is 9.23. The van der Waals surface area contributed by atoms with Gasteiger partial charge in [0, 0.05) is 18.9 Å². The van der Waals surface area contributed by atoms with E-state index in [1.54, 1.807) is 0 Å². The molecule has 2 aromatic heterocycles. The number of carbonyl (C=O) groups is 1. The highest BCUT2D eigenvalue weighted by Gasteiger charge is 2.31.